The molecule has 0 bridgehead atoms. The molecule has 3 heterocycles. The lowest BCUT2D eigenvalue weighted by molar-refractivity contribution is -0.210. The minimum atomic E-state index is -4.90. The number of alkyl halides is 3. The molecule has 0 saturated carbocycles. The number of ether oxygens (including phenoxy) is 1. The summed E-state index contributed by atoms with van der Waals surface area (Å²) in [7, 11) is 0. The minimum absolute atomic E-state index is 0.121. The van der Waals surface area contributed by atoms with Crippen LogP contribution in [0.15, 0.2) is 24.4 Å². The maximum atomic E-state index is 13.6. The lowest BCUT2D eigenvalue weighted by atomic mass is 10.1. The number of aliphatic hydroxyl groups is 1. The minimum Gasteiger partial charge on any atom is -0.490 e. The van der Waals surface area contributed by atoms with Crippen LogP contribution in [0.1, 0.15) is 27.3 Å². The van der Waals surface area contributed by atoms with Crippen molar-refractivity contribution < 1.29 is 32.2 Å². The van der Waals surface area contributed by atoms with E-state index in [1.165, 1.54) is 9.42 Å². The summed E-state index contributed by atoms with van der Waals surface area (Å²) in [6.07, 6.45) is -6.07. The lowest BCUT2D eigenvalue weighted by Gasteiger charge is -2.20. The molecule has 1 aromatic carbocycles. The standard InChI is InChI=1S/C19H15ClF4N4O3/c1-9-13(20)6-28-17(25-9)12-5-27(7-14(12)26-28)18(30)11-3-2-10(21)4-15(11)31-8-16(29)19(22,23)24/h2-4,6,16,29H,5,7-8H2,1H3. The van der Waals surface area contributed by atoms with E-state index in [-0.39, 0.29) is 18.7 Å². The zero-order valence-corrected chi connectivity index (χ0v) is 16.7. The van der Waals surface area contributed by atoms with Crippen LogP contribution in [-0.2, 0) is 13.1 Å². The van der Waals surface area contributed by atoms with Gasteiger partial charge >= 0.3 is 6.18 Å². The number of carbonyl (C=O) groups is 1. The van der Waals surface area contributed by atoms with Gasteiger partial charge in [-0.05, 0) is 19.1 Å². The fourth-order valence-corrected chi connectivity index (χ4v) is 3.35. The Morgan fingerprint density at radius 3 is 2.81 bits per heavy atom. The molecule has 2 aromatic heterocycles. The summed E-state index contributed by atoms with van der Waals surface area (Å²) in [5.74, 6) is -1.78. The van der Waals surface area contributed by atoms with E-state index < -0.39 is 36.4 Å². The monoisotopic (exact) mass is 458 g/mol. The van der Waals surface area contributed by atoms with Crippen molar-refractivity contribution in [3.05, 3.63) is 57.8 Å². The number of aryl methyl sites for hydroxylation is 1. The van der Waals surface area contributed by atoms with Crippen LogP contribution in [0.4, 0.5) is 17.6 Å². The number of benzene rings is 1. The van der Waals surface area contributed by atoms with E-state index in [4.69, 9.17) is 21.4 Å². The average Bonchev–Trinajstić information content (AvgIpc) is 3.24. The Balaban J connectivity index is 1.57. The molecule has 1 unspecified atom stereocenters. The van der Waals surface area contributed by atoms with Gasteiger partial charge < -0.3 is 14.7 Å². The molecule has 1 aliphatic rings. The van der Waals surface area contributed by atoms with Crippen molar-refractivity contribution >= 4 is 23.2 Å². The van der Waals surface area contributed by atoms with Crippen LogP contribution in [0.2, 0.25) is 5.02 Å². The van der Waals surface area contributed by atoms with E-state index in [2.05, 4.69) is 10.1 Å². The summed E-state index contributed by atoms with van der Waals surface area (Å²) >= 11 is 6.06. The van der Waals surface area contributed by atoms with Crippen LogP contribution in [0.5, 0.6) is 5.75 Å². The first kappa shape index (κ1) is 21.3. The van der Waals surface area contributed by atoms with Crippen LogP contribution >= 0.6 is 11.6 Å². The first-order valence-corrected chi connectivity index (χ1v) is 9.42. The van der Waals surface area contributed by atoms with Gasteiger partial charge in [0, 0.05) is 11.6 Å². The van der Waals surface area contributed by atoms with Gasteiger partial charge in [0.15, 0.2) is 11.8 Å². The molecule has 3 aromatic rings. The Labute approximate surface area is 177 Å². The van der Waals surface area contributed by atoms with Gasteiger partial charge in [0.05, 0.1) is 41.3 Å². The molecule has 164 valence electrons. The molecule has 0 spiro atoms. The van der Waals surface area contributed by atoms with Crippen LogP contribution in [-0.4, -0.2) is 49.4 Å². The maximum Gasteiger partial charge on any atom is 0.417 e. The summed E-state index contributed by atoms with van der Waals surface area (Å²) in [5.41, 5.74) is 2.31. The van der Waals surface area contributed by atoms with Gasteiger partial charge in [-0.25, -0.2) is 13.9 Å². The van der Waals surface area contributed by atoms with E-state index in [0.717, 1.165) is 18.2 Å². The summed E-state index contributed by atoms with van der Waals surface area (Å²) in [6.45, 7) is 0.826. The molecule has 0 aliphatic carbocycles. The summed E-state index contributed by atoms with van der Waals surface area (Å²) < 4.78 is 57.7. The third-order valence-corrected chi connectivity index (χ3v) is 5.22. The fourth-order valence-electron chi connectivity index (χ4n) is 3.21. The smallest absolute Gasteiger partial charge is 0.417 e. The molecular weight excluding hydrogens is 444 g/mol. The number of halogens is 5. The van der Waals surface area contributed by atoms with Crippen molar-refractivity contribution in [3.8, 4) is 5.75 Å². The van der Waals surface area contributed by atoms with Crippen molar-refractivity contribution in [2.24, 2.45) is 0 Å². The number of fused-ring (bicyclic) bond motifs is 3. The van der Waals surface area contributed by atoms with Crippen molar-refractivity contribution in [1.29, 1.82) is 0 Å². The Morgan fingerprint density at radius 2 is 2.10 bits per heavy atom. The van der Waals surface area contributed by atoms with Crippen molar-refractivity contribution in [2.75, 3.05) is 6.61 Å². The van der Waals surface area contributed by atoms with Crippen LogP contribution in [0.3, 0.4) is 0 Å². The third-order valence-electron chi connectivity index (χ3n) is 4.84. The Hall–Kier alpha value is -2.92. The van der Waals surface area contributed by atoms with E-state index in [1.54, 1.807) is 13.1 Å². The molecule has 12 heteroatoms. The van der Waals surface area contributed by atoms with E-state index in [9.17, 15) is 22.4 Å². The van der Waals surface area contributed by atoms with E-state index >= 15 is 0 Å². The highest BCUT2D eigenvalue weighted by atomic mass is 35.5. The third kappa shape index (κ3) is 4.02. The number of carbonyl (C=O) groups excluding carboxylic acids is 1. The quantitative estimate of drug-likeness (QED) is 0.607. The molecule has 1 amide bonds. The second kappa shape index (κ2) is 7.65. The zero-order valence-electron chi connectivity index (χ0n) is 16.0. The normalized spacial score (nSPS) is 14.7. The first-order valence-electron chi connectivity index (χ1n) is 9.04. The summed E-state index contributed by atoms with van der Waals surface area (Å²) in [6, 6.07) is 2.92. The molecule has 31 heavy (non-hydrogen) atoms. The second-order valence-corrected chi connectivity index (χ2v) is 7.44. The average molecular weight is 459 g/mol. The fraction of sp³-hybridized carbons (Fsp3) is 0.316. The van der Waals surface area contributed by atoms with Gasteiger partial charge in [0.1, 0.15) is 18.2 Å². The molecule has 1 atom stereocenters. The van der Waals surface area contributed by atoms with Gasteiger partial charge in [0.25, 0.3) is 5.91 Å². The molecule has 1 N–H and O–H groups in total. The molecule has 4 rings (SSSR count). The number of rotatable bonds is 4. The molecule has 0 saturated heterocycles. The van der Waals surface area contributed by atoms with Crippen LogP contribution in [0.25, 0.3) is 5.65 Å². The highest BCUT2D eigenvalue weighted by Crippen LogP contribution is 2.31. The molecule has 0 fully saturated rings. The van der Waals surface area contributed by atoms with E-state index in [1.807, 2.05) is 0 Å². The topological polar surface area (TPSA) is 80.0 Å². The lowest BCUT2D eigenvalue weighted by Crippen LogP contribution is -2.34. The van der Waals surface area contributed by atoms with Gasteiger partial charge in [-0.1, -0.05) is 11.6 Å². The number of aromatic nitrogens is 3. The number of hydrogen-bond donors (Lipinski definition) is 1. The molecule has 0 radical (unpaired) electrons. The highest BCUT2D eigenvalue weighted by Gasteiger charge is 2.39. The predicted octanol–water partition coefficient (Wildman–Crippen LogP) is 3.29. The number of amides is 1. The Bertz CT molecular complexity index is 1180. The van der Waals surface area contributed by atoms with E-state index in [0.29, 0.717) is 27.6 Å². The van der Waals surface area contributed by atoms with Gasteiger partial charge in [0.2, 0.25) is 0 Å². The second-order valence-electron chi connectivity index (χ2n) is 7.04. The number of hydrogen-bond acceptors (Lipinski definition) is 5. The summed E-state index contributed by atoms with van der Waals surface area (Å²) in [4.78, 5) is 18.8. The predicted molar refractivity (Wildman–Crippen MR) is 100 cm³/mol. The van der Waals surface area contributed by atoms with Gasteiger partial charge in [-0.3, -0.25) is 4.79 Å². The Morgan fingerprint density at radius 1 is 1.35 bits per heavy atom. The number of nitrogens with zero attached hydrogens (tertiary/aromatic N) is 4. The first-order chi connectivity index (χ1) is 14.5. The maximum absolute atomic E-state index is 13.6. The van der Waals surface area contributed by atoms with Crippen molar-refractivity contribution in [3.63, 3.8) is 0 Å². The highest BCUT2D eigenvalue weighted by molar-refractivity contribution is 6.31. The SMILES string of the molecule is Cc1nc2c3c(nn2cc1Cl)CN(C(=O)c1ccc(F)cc1OCC(O)C(F)(F)F)C3. The van der Waals surface area contributed by atoms with Gasteiger partial charge in [-0.2, -0.15) is 18.3 Å². The van der Waals surface area contributed by atoms with Crippen molar-refractivity contribution in [1.82, 2.24) is 19.5 Å². The zero-order chi connectivity index (χ0) is 22.5. The molecular formula is C19H15ClF4N4O3. The molecule has 7 nitrogen and oxygen atoms in total. The Kier molecular flexibility index (Phi) is 5.26. The largest absolute Gasteiger partial charge is 0.490 e. The van der Waals surface area contributed by atoms with Crippen LogP contribution < -0.4 is 4.74 Å². The summed E-state index contributed by atoms with van der Waals surface area (Å²) in [5, 5.41) is 13.9. The number of aliphatic hydroxyl groups excluding tert-OH is 1. The van der Waals surface area contributed by atoms with Crippen LogP contribution in [0, 0.1) is 12.7 Å². The van der Waals surface area contributed by atoms with Gasteiger partial charge in [-0.15, -0.1) is 0 Å². The van der Waals surface area contributed by atoms with Crippen molar-refractivity contribution in [2.45, 2.75) is 32.3 Å². The molecule has 1 aliphatic heterocycles.